The van der Waals surface area contributed by atoms with Gasteiger partial charge >= 0.3 is 17.6 Å². The fourth-order valence-corrected chi connectivity index (χ4v) is 12.8. The largest absolute Gasteiger partial charge is 0.497 e. The molecule has 46 nitrogen and oxygen atoms in total. The number of primary amides is 1. The molecule has 11 amide bonds. The van der Waals surface area contributed by atoms with Gasteiger partial charge in [-0.2, -0.15) is 0 Å². The third-order valence-electron chi connectivity index (χ3n) is 19.1. The Bertz CT molecular complexity index is 4460. The van der Waals surface area contributed by atoms with Gasteiger partial charge in [0.1, 0.15) is 77.4 Å². The minimum atomic E-state index is -1.98. The van der Waals surface area contributed by atoms with Crippen LogP contribution in [0, 0.1) is 42.4 Å². The summed E-state index contributed by atoms with van der Waals surface area (Å²) >= 11 is 0. The zero-order valence-corrected chi connectivity index (χ0v) is 67.9. The second-order valence-corrected chi connectivity index (χ2v) is 29.1. The standard InChI is InChI=1S/C76H109N23O23/c1-41(2)34-55(95-72(114)57-20-13-32-97(57)73(115)54(19-12-31-86-76(82)83)89-60(100)35-44-36-63(105)122-59-38-46(120-4)22-23-47(44)59)70(112)94-53(26-28-62(103)104)69(111)92-50(16-8-9-33-121-40-43-14-6-5-7-15-43)67(109)96-56(39-87-48-24-21-45(98(116)117)37-58(48)99(118)119)71(113)88-42(3)65(107)91-51(18-11-30-85-75(80)81)66(108)93-52(25-27-61(101)102)68(110)90-49(64(77)106)17-10-29-84-74(78)79/h5-7,14-15,21-24,36-38,41-42,49-57,87H,8-13,16-20,25-35,39-40H2,1-4H3,(H2,77,106)(H,88,113)(H,89,100)(H,90,110)(H,91,107)(H,92,111)(H,93,108)(H,94,112)(H,95,114)(H,96,109)(H,101,102)(H,103,104)(H4,78,79,84)(H4,80,81,85)(H4,82,83,86)/t42-,49-,50-,51-,52-,53-,54-,55-,56-,57-/m0/s1. The predicted molar refractivity (Wildman–Crippen MR) is 439 cm³/mol. The highest BCUT2D eigenvalue weighted by atomic mass is 16.6. The number of rotatable bonds is 54. The number of nitro benzene ring substituents is 2. The van der Waals surface area contributed by atoms with Crippen molar-refractivity contribution >= 4 is 123 Å². The number of benzene rings is 3. The molecule has 0 aliphatic carbocycles. The number of nitrogens with one attached hydrogen (secondary N) is 16. The zero-order chi connectivity index (χ0) is 90.3. The number of nitrogens with two attached hydrogens (primary N) is 4. The molecule has 0 radical (unpaired) electrons. The van der Waals surface area contributed by atoms with Crippen molar-refractivity contribution in [1.29, 1.82) is 16.2 Å². The number of non-ortho nitro benzene ring substituents is 1. The Morgan fingerprint density at radius 2 is 1.08 bits per heavy atom. The lowest BCUT2D eigenvalue weighted by molar-refractivity contribution is -0.393. The quantitative estimate of drug-likeness (QED) is 0.00572. The van der Waals surface area contributed by atoms with Crippen LogP contribution >= 0.6 is 0 Å². The fraction of sp³-hybridized carbons (Fsp3) is 0.513. The number of nitrogens with zero attached hydrogens (tertiary/aromatic N) is 3. The number of nitro groups is 2. The molecule has 0 bridgehead atoms. The molecule has 46 heteroatoms. The van der Waals surface area contributed by atoms with Gasteiger partial charge in [-0.15, -0.1) is 0 Å². The molecule has 1 aliphatic heterocycles. The second kappa shape index (κ2) is 50.2. The molecule has 0 spiro atoms. The zero-order valence-electron chi connectivity index (χ0n) is 67.9. The molecule has 2 heterocycles. The first-order valence-electron chi connectivity index (χ1n) is 39.2. The van der Waals surface area contributed by atoms with E-state index in [-0.39, 0.29) is 145 Å². The Morgan fingerprint density at radius 3 is 1.61 bits per heavy atom. The van der Waals surface area contributed by atoms with Crippen molar-refractivity contribution in [1.82, 2.24) is 68.7 Å². The molecule has 666 valence electrons. The summed E-state index contributed by atoms with van der Waals surface area (Å²) in [5.74, 6) is -15.3. The van der Waals surface area contributed by atoms with Crippen molar-refractivity contribution in [3.63, 3.8) is 0 Å². The van der Waals surface area contributed by atoms with Gasteiger partial charge in [-0.1, -0.05) is 44.2 Å². The van der Waals surface area contributed by atoms with Crippen LogP contribution in [0.4, 0.5) is 17.1 Å². The number of unbranched alkanes of at least 4 members (excludes halogenated alkanes) is 1. The van der Waals surface area contributed by atoms with E-state index in [9.17, 15) is 92.8 Å². The molecule has 5 rings (SSSR count). The Hall–Kier alpha value is -13.8. The van der Waals surface area contributed by atoms with Crippen LogP contribution in [0.15, 0.2) is 82.0 Å². The van der Waals surface area contributed by atoms with E-state index in [0.717, 1.165) is 30.7 Å². The summed E-state index contributed by atoms with van der Waals surface area (Å²) < 4.78 is 16.5. The number of hydrogen-bond acceptors (Lipinski definition) is 25. The number of amides is 11. The van der Waals surface area contributed by atoms with Crippen LogP contribution in [-0.2, 0) is 80.1 Å². The van der Waals surface area contributed by atoms with Crippen molar-refractivity contribution in [3.05, 3.63) is 115 Å². The summed E-state index contributed by atoms with van der Waals surface area (Å²) in [7, 11) is 1.41. The van der Waals surface area contributed by atoms with E-state index >= 15 is 4.79 Å². The van der Waals surface area contributed by atoms with Gasteiger partial charge in [0, 0.05) is 75.8 Å². The number of hydrogen-bond donors (Lipinski definition) is 22. The molecule has 0 saturated carbocycles. The molecule has 3 aromatic carbocycles. The Balaban J connectivity index is 1.46. The van der Waals surface area contributed by atoms with E-state index in [0.29, 0.717) is 17.2 Å². The van der Waals surface area contributed by atoms with Gasteiger partial charge in [0.2, 0.25) is 65.0 Å². The van der Waals surface area contributed by atoms with Gasteiger partial charge in [0.05, 0.1) is 36.1 Å². The third-order valence-corrected chi connectivity index (χ3v) is 19.1. The highest BCUT2D eigenvalue weighted by Crippen LogP contribution is 2.30. The maximum absolute atomic E-state index is 15.1. The highest BCUT2D eigenvalue weighted by Gasteiger charge is 2.41. The lowest BCUT2D eigenvalue weighted by Gasteiger charge is -2.31. The monoisotopic (exact) mass is 1710 g/mol. The number of likely N-dealkylation sites (tertiary alicyclic amines) is 1. The number of ether oxygens (including phenoxy) is 2. The summed E-state index contributed by atoms with van der Waals surface area (Å²) in [6.07, 6.45) is -3.16. The molecule has 10 atom stereocenters. The molecule has 1 saturated heterocycles. The number of carboxylic acid groups (broad SMARTS) is 2. The summed E-state index contributed by atoms with van der Waals surface area (Å²) in [6.45, 7) is 4.00. The molecule has 0 unspecified atom stereocenters. The molecule has 1 aromatic heterocycles. The molecular weight excluding hydrogens is 1600 g/mol. The van der Waals surface area contributed by atoms with Crippen molar-refractivity contribution in [2.24, 2.45) is 28.9 Å². The first-order valence-corrected chi connectivity index (χ1v) is 39.2. The Kier molecular flexibility index (Phi) is 40.6. The predicted octanol–water partition coefficient (Wildman–Crippen LogP) is -1.92. The molecule has 1 fully saturated rings. The molecule has 26 N–H and O–H groups in total. The van der Waals surface area contributed by atoms with E-state index < -0.39 is 214 Å². The molecular formula is C76H109N23O23. The average Bonchev–Trinajstić information content (AvgIpc) is 0.857. The van der Waals surface area contributed by atoms with Crippen molar-refractivity contribution < 1.29 is 96.3 Å². The summed E-state index contributed by atoms with van der Waals surface area (Å²) in [5, 5.41) is 99.6. The van der Waals surface area contributed by atoms with Gasteiger partial charge in [-0.3, -0.25) is 98.8 Å². The summed E-state index contributed by atoms with van der Waals surface area (Å²) in [4.78, 5) is 218. The number of methoxy groups -OCH3 is 1. The minimum absolute atomic E-state index is 0.00401. The van der Waals surface area contributed by atoms with Crippen LogP contribution in [0.3, 0.4) is 0 Å². The normalized spacial score (nSPS) is 14.4. The van der Waals surface area contributed by atoms with Gasteiger partial charge in [0.25, 0.3) is 11.4 Å². The number of carbonyl (C=O) groups is 13. The first kappa shape index (κ1) is 98.7. The van der Waals surface area contributed by atoms with E-state index in [1.807, 2.05) is 12.1 Å². The summed E-state index contributed by atoms with van der Waals surface area (Å²) in [5.41, 5.74) is 20.2. The van der Waals surface area contributed by atoms with Crippen LogP contribution in [0.1, 0.15) is 135 Å². The number of aliphatic carboxylic acids is 2. The maximum atomic E-state index is 15.1. The van der Waals surface area contributed by atoms with Crippen molar-refractivity contribution in [3.8, 4) is 5.75 Å². The second-order valence-electron chi connectivity index (χ2n) is 29.1. The van der Waals surface area contributed by atoms with E-state index in [1.165, 1.54) is 18.1 Å². The molecule has 1 aliphatic rings. The summed E-state index contributed by atoms with van der Waals surface area (Å²) in [6, 6.07) is 1.11. The Labute approximate surface area is 699 Å². The van der Waals surface area contributed by atoms with Crippen LogP contribution in [-0.4, -0.2) is 227 Å². The van der Waals surface area contributed by atoms with E-state index in [4.69, 9.17) is 53.1 Å². The highest BCUT2D eigenvalue weighted by molar-refractivity contribution is 6.00. The lowest BCUT2D eigenvalue weighted by atomic mass is 10.0. The van der Waals surface area contributed by atoms with Gasteiger partial charge in [-0.05, 0) is 132 Å². The van der Waals surface area contributed by atoms with Crippen molar-refractivity contribution in [2.75, 3.05) is 51.8 Å². The van der Waals surface area contributed by atoms with Gasteiger partial charge in [-0.25, -0.2) is 4.79 Å². The van der Waals surface area contributed by atoms with Crippen LogP contribution < -0.4 is 102 Å². The van der Waals surface area contributed by atoms with E-state index in [2.05, 4.69) is 69.1 Å². The first-order chi connectivity index (χ1) is 57.8. The molecule has 4 aromatic rings. The maximum Gasteiger partial charge on any atom is 0.336 e. The fourth-order valence-electron chi connectivity index (χ4n) is 12.8. The van der Waals surface area contributed by atoms with Crippen LogP contribution in [0.2, 0.25) is 0 Å². The Morgan fingerprint density at radius 1 is 0.574 bits per heavy atom. The average molecular weight is 1710 g/mol. The SMILES string of the molecule is COc1ccc2c(CC(=O)N[C@@H](CCCNC(=N)N)C(=O)N3CCC[C@H]3C(=O)N[C@@H](CC(C)C)C(=O)N[C@@H](CCC(=O)O)C(=O)N[C@@H](CCCCOCc3ccccc3)C(=O)N[C@@H](CNc3ccc([N+](=O)[O-])cc3[N+](=O)[O-])C(=O)N[C@@H](C)C(=O)N[C@@H](CCCNC(=N)N)C(=O)N[C@@H](CCC(=O)O)C(=O)N[C@@H](CCCNC(=N)N)C(N)=O)cc(=O)oc2c1. The number of anilines is 1. The topological polar surface area (TPSA) is 733 Å². The van der Waals surface area contributed by atoms with Crippen LogP contribution in [0.25, 0.3) is 11.0 Å². The number of carboxylic acids is 2. The lowest BCUT2D eigenvalue weighted by Crippen LogP contribution is -2.61. The minimum Gasteiger partial charge on any atom is -0.497 e. The number of carbonyl (C=O) groups excluding carboxylic acids is 11. The molecule has 122 heavy (non-hydrogen) atoms. The van der Waals surface area contributed by atoms with Crippen molar-refractivity contribution in [2.45, 2.75) is 197 Å². The van der Waals surface area contributed by atoms with Crippen LogP contribution in [0.5, 0.6) is 5.75 Å². The van der Waals surface area contributed by atoms with Gasteiger partial charge in [0.15, 0.2) is 17.9 Å². The number of guanidine groups is 3. The smallest absolute Gasteiger partial charge is 0.336 e. The third kappa shape index (κ3) is 34.2. The van der Waals surface area contributed by atoms with E-state index in [1.54, 1.807) is 44.2 Å². The number of fused-ring (bicyclic) bond motifs is 1. The van der Waals surface area contributed by atoms with Gasteiger partial charge < -0.3 is 121 Å².